The summed E-state index contributed by atoms with van der Waals surface area (Å²) >= 11 is 0. The number of rotatable bonds is 5. The molecule has 7 nitrogen and oxygen atoms in total. The summed E-state index contributed by atoms with van der Waals surface area (Å²) in [7, 11) is 0. The van der Waals surface area contributed by atoms with E-state index in [1.165, 1.54) is 10.6 Å². The molecular formula is C21H24N3O4+. The lowest BCUT2D eigenvalue weighted by Gasteiger charge is -2.21. The Bertz CT molecular complexity index is 929. The zero-order valence-corrected chi connectivity index (χ0v) is 16.4. The van der Waals surface area contributed by atoms with Gasteiger partial charge in [0.1, 0.15) is 12.2 Å². The molecule has 1 heterocycles. The van der Waals surface area contributed by atoms with E-state index in [0.29, 0.717) is 11.4 Å². The van der Waals surface area contributed by atoms with Crippen molar-refractivity contribution in [2.45, 2.75) is 39.9 Å². The Balaban J connectivity index is 2.14. The Morgan fingerprint density at radius 1 is 1.21 bits per heavy atom. The Hall–Kier alpha value is -3.53. The van der Waals surface area contributed by atoms with Crippen LogP contribution in [0.2, 0.25) is 0 Å². The maximum absolute atomic E-state index is 12.4. The van der Waals surface area contributed by atoms with E-state index >= 15 is 0 Å². The number of carbonyl (C=O) groups excluding carboxylic acids is 1. The molecule has 0 unspecified atom stereocenters. The van der Waals surface area contributed by atoms with E-state index in [2.05, 4.69) is 4.98 Å². The van der Waals surface area contributed by atoms with Gasteiger partial charge in [-0.2, -0.15) is 0 Å². The molecule has 1 N–H and O–H groups in total. The van der Waals surface area contributed by atoms with Gasteiger partial charge in [0, 0.05) is 11.8 Å². The number of diazo groups is 1. The van der Waals surface area contributed by atoms with Crippen molar-refractivity contribution in [1.82, 2.24) is 4.57 Å². The van der Waals surface area contributed by atoms with Crippen LogP contribution in [0.25, 0.3) is 11.1 Å². The molecule has 0 saturated heterocycles. The highest BCUT2D eigenvalue weighted by Gasteiger charge is 2.22. The van der Waals surface area contributed by atoms with Crippen molar-refractivity contribution in [1.29, 1.82) is 5.39 Å². The summed E-state index contributed by atoms with van der Waals surface area (Å²) in [5.74, 6) is -0.565. The van der Waals surface area contributed by atoms with E-state index < -0.39 is 17.6 Å². The molecule has 146 valence electrons. The minimum absolute atomic E-state index is 0.114. The van der Waals surface area contributed by atoms with Gasteiger partial charge < -0.3 is 14.6 Å². The van der Waals surface area contributed by atoms with E-state index in [1.54, 1.807) is 45.9 Å². The maximum atomic E-state index is 12.4. The molecular weight excluding hydrogens is 358 g/mol. The average Bonchev–Trinajstić information content (AvgIpc) is 3.00. The highest BCUT2D eigenvalue weighted by Crippen LogP contribution is 2.17. The summed E-state index contributed by atoms with van der Waals surface area (Å²) in [6, 6.07) is 12.8. The molecule has 0 radical (unpaired) electrons. The first kappa shape index (κ1) is 20.8. The first-order valence-electron chi connectivity index (χ1n) is 8.76. The number of aliphatic hydroxyl groups excluding tert-OH is 1. The number of benzene rings is 1. The van der Waals surface area contributed by atoms with Gasteiger partial charge >= 0.3 is 17.7 Å². The lowest BCUT2D eigenvalue weighted by molar-refractivity contribution is 0.0487. The second kappa shape index (κ2) is 8.91. The zero-order valence-electron chi connectivity index (χ0n) is 16.4. The molecule has 0 fully saturated rings. The van der Waals surface area contributed by atoms with Crippen LogP contribution in [0, 0.1) is 12.3 Å². The molecule has 0 aliphatic rings. The number of hydrogen-bond donors (Lipinski definition) is 1. The number of aromatic nitrogens is 1. The van der Waals surface area contributed by atoms with Crippen LogP contribution in [-0.2, 0) is 16.1 Å². The van der Waals surface area contributed by atoms with Gasteiger partial charge in [-0.15, -0.1) is 0 Å². The number of nitrogens with zero attached hydrogens (tertiary/aromatic N) is 3. The first-order valence-corrected chi connectivity index (χ1v) is 8.76. The minimum atomic E-state index is -0.640. The van der Waals surface area contributed by atoms with Crippen molar-refractivity contribution in [3.63, 3.8) is 0 Å². The van der Waals surface area contributed by atoms with Crippen molar-refractivity contribution in [2.24, 2.45) is 0 Å². The monoisotopic (exact) mass is 382 g/mol. The molecule has 0 saturated carbocycles. The fraction of sp³-hybridized carbons (Fsp3) is 0.286. The molecule has 0 atom stereocenters. The predicted molar refractivity (Wildman–Crippen MR) is 106 cm³/mol. The first-order chi connectivity index (χ1) is 13.2. The van der Waals surface area contributed by atoms with Crippen molar-refractivity contribution < 1.29 is 19.4 Å². The van der Waals surface area contributed by atoms with E-state index in [0.717, 1.165) is 5.56 Å². The van der Waals surface area contributed by atoms with Crippen molar-refractivity contribution >= 4 is 12.2 Å². The molecule has 7 heteroatoms. The summed E-state index contributed by atoms with van der Waals surface area (Å²) < 4.78 is 12.1. The van der Waals surface area contributed by atoms with Crippen LogP contribution in [0.5, 0.6) is 0 Å². The minimum Gasteiger partial charge on any atom is -0.475 e. The average molecular weight is 382 g/mol. The number of aliphatic hydroxyl groups is 1. The molecule has 2 aromatic rings. The lowest BCUT2D eigenvalue weighted by Crippen LogP contribution is -2.28. The molecule has 0 aliphatic heterocycles. The van der Waals surface area contributed by atoms with Gasteiger partial charge in [-0.05, 0) is 51.5 Å². The summed E-state index contributed by atoms with van der Waals surface area (Å²) in [6.07, 6.45) is 2.55. The molecule has 1 aromatic heterocycles. The van der Waals surface area contributed by atoms with E-state index in [9.17, 15) is 9.90 Å². The SMILES string of the molecule is Cc1ccc(CO/C(O)=C(/C=C/c2ccccc2)[N+]#N)n1C(=O)OC(C)(C)C. The van der Waals surface area contributed by atoms with E-state index in [1.807, 2.05) is 30.3 Å². The van der Waals surface area contributed by atoms with Gasteiger partial charge in [0.2, 0.25) is 5.39 Å². The molecule has 1 aromatic carbocycles. The number of hydrogen-bond acceptors (Lipinski definition) is 5. The zero-order chi connectivity index (χ0) is 20.7. The Morgan fingerprint density at radius 2 is 1.89 bits per heavy atom. The maximum Gasteiger partial charge on any atom is 0.464 e. The largest absolute Gasteiger partial charge is 0.475 e. The molecule has 0 bridgehead atoms. The summed E-state index contributed by atoms with van der Waals surface area (Å²) in [4.78, 5) is 15.4. The lowest BCUT2D eigenvalue weighted by atomic mass is 10.2. The normalized spacial score (nSPS) is 12.4. The number of carbonyl (C=O) groups is 1. The molecule has 0 spiro atoms. The topological polar surface area (TPSA) is 88.8 Å². The highest BCUT2D eigenvalue weighted by molar-refractivity contribution is 5.73. The fourth-order valence-corrected chi connectivity index (χ4v) is 2.38. The predicted octanol–water partition coefficient (Wildman–Crippen LogP) is 5.39. The van der Waals surface area contributed by atoms with Crippen molar-refractivity contribution in [3.05, 3.63) is 82.1 Å². The van der Waals surface area contributed by atoms with Gasteiger partial charge in [0.15, 0.2) is 4.98 Å². The Kier molecular flexibility index (Phi) is 6.61. The van der Waals surface area contributed by atoms with Crippen LogP contribution in [0.1, 0.15) is 37.7 Å². The number of aryl methyl sites for hydroxylation is 1. The van der Waals surface area contributed by atoms with Gasteiger partial charge in [0.25, 0.3) is 0 Å². The molecule has 28 heavy (non-hydrogen) atoms. The third kappa shape index (κ3) is 5.74. The van der Waals surface area contributed by atoms with E-state index in [-0.39, 0.29) is 12.3 Å². The summed E-state index contributed by atoms with van der Waals surface area (Å²) in [5.41, 5.74) is 1.25. The standard InChI is InChI=1S/C21H23N3O4/c1-15-10-12-17(24(15)20(26)28-21(2,3)4)14-27-19(25)18(23-22)13-11-16-8-6-5-7-9-16/h5-13H,14H2,1-4H3/p+1/b13-11+,19-18-. The Morgan fingerprint density at radius 3 is 2.50 bits per heavy atom. The van der Waals surface area contributed by atoms with Gasteiger partial charge in [-0.3, -0.25) is 4.57 Å². The fourth-order valence-electron chi connectivity index (χ4n) is 2.38. The van der Waals surface area contributed by atoms with Crippen LogP contribution in [0.4, 0.5) is 4.79 Å². The number of allylic oxidation sites excluding steroid dienone is 1. The smallest absolute Gasteiger partial charge is 0.464 e. The molecule has 0 aliphatic carbocycles. The Labute approximate surface area is 164 Å². The van der Waals surface area contributed by atoms with Gasteiger partial charge in [-0.25, -0.2) is 4.79 Å². The van der Waals surface area contributed by atoms with Crippen LogP contribution in [0.15, 0.2) is 60.2 Å². The molecule has 2 rings (SSSR count). The quantitative estimate of drug-likeness (QED) is 0.425. The third-order valence-corrected chi connectivity index (χ3v) is 3.65. The highest BCUT2D eigenvalue weighted by atomic mass is 16.6. The van der Waals surface area contributed by atoms with Crippen LogP contribution >= 0.6 is 0 Å². The summed E-state index contributed by atoms with van der Waals surface area (Å²) in [6.45, 7) is 6.99. The van der Waals surface area contributed by atoms with Crippen LogP contribution < -0.4 is 0 Å². The third-order valence-electron chi connectivity index (χ3n) is 3.65. The number of ether oxygens (including phenoxy) is 2. The van der Waals surface area contributed by atoms with Gasteiger partial charge in [-0.1, -0.05) is 30.3 Å². The van der Waals surface area contributed by atoms with E-state index in [4.69, 9.17) is 14.9 Å². The summed E-state index contributed by atoms with van der Waals surface area (Å²) in [5, 5.41) is 19.2. The van der Waals surface area contributed by atoms with Gasteiger partial charge in [0.05, 0.1) is 5.69 Å². The van der Waals surface area contributed by atoms with Crippen molar-refractivity contribution in [3.8, 4) is 0 Å². The van der Waals surface area contributed by atoms with Crippen LogP contribution in [0.3, 0.4) is 0 Å². The molecule has 0 amide bonds. The van der Waals surface area contributed by atoms with Crippen molar-refractivity contribution in [2.75, 3.05) is 0 Å². The second-order valence-corrected chi connectivity index (χ2v) is 7.10. The second-order valence-electron chi connectivity index (χ2n) is 7.10. The van der Waals surface area contributed by atoms with Crippen LogP contribution in [-0.4, -0.2) is 21.4 Å².